The van der Waals surface area contributed by atoms with Crippen molar-refractivity contribution in [1.29, 1.82) is 0 Å². The predicted octanol–water partition coefficient (Wildman–Crippen LogP) is 2.00. The summed E-state index contributed by atoms with van der Waals surface area (Å²) < 4.78 is 4.21. The Kier molecular flexibility index (Phi) is 2.96. The molecule has 1 unspecified atom stereocenters. The Labute approximate surface area is 92.1 Å². The van der Waals surface area contributed by atoms with E-state index in [1.54, 1.807) is 6.20 Å². The smallest absolute Gasteiger partial charge is 0.203 e. The minimum atomic E-state index is 0.123. The molecule has 0 bridgehead atoms. The van der Waals surface area contributed by atoms with E-state index in [0.29, 0.717) is 0 Å². The maximum atomic E-state index is 4.33. The highest BCUT2D eigenvalue weighted by Crippen LogP contribution is 2.18. The predicted molar refractivity (Wildman–Crippen MR) is 59.9 cm³/mol. The summed E-state index contributed by atoms with van der Waals surface area (Å²) in [5, 5.41) is 4.09. The first-order valence-corrected chi connectivity index (χ1v) is 5.65. The van der Waals surface area contributed by atoms with Crippen LogP contribution in [0.25, 0.3) is 0 Å². The van der Waals surface area contributed by atoms with Gasteiger partial charge in [-0.2, -0.15) is 4.37 Å². The molecule has 2 heterocycles. The normalized spacial score (nSPS) is 12.7. The van der Waals surface area contributed by atoms with Gasteiger partial charge in [-0.3, -0.25) is 0 Å². The molecule has 0 aliphatic rings. The second-order valence-electron chi connectivity index (χ2n) is 3.21. The van der Waals surface area contributed by atoms with Crippen LogP contribution in [0.3, 0.4) is 0 Å². The zero-order chi connectivity index (χ0) is 10.7. The van der Waals surface area contributed by atoms with Crippen LogP contribution in [0.4, 0.5) is 5.13 Å². The summed E-state index contributed by atoms with van der Waals surface area (Å²) in [5.41, 5.74) is 0. The van der Waals surface area contributed by atoms with E-state index < -0.39 is 0 Å². The van der Waals surface area contributed by atoms with Crippen molar-refractivity contribution in [3.63, 3.8) is 0 Å². The summed E-state index contributed by atoms with van der Waals surface area (Å²) in [6, 6.07) is 0.123. The Balaban J connectivity index is 2.02. The van der Waals surface area contributed by atoms with Crippen LogP contribution in [0.15, 0.2) is 12.4 Å². The lowest BCUT2D eigenvalue weighted by Crippen LogP contribution is -2.08. The first-order valence-electron chi connectivity index (χ1n) is 4.88. The largest absolute Gasteiger partial charge is 0.351 e. The van der Waals surface area contributed by atoms with E-state index >= 15 is 0 Å². The topological polar surface area (TPSA) is 66.5 Å². The molecule has 0 radical (unpaired) electrons. The average Bonchev–Trinajstić information content (AvgIpc) is 2.87. The number of aromatic amines is 1. The second-order valence-corrected chi connectivity index (χ2v) is 3.96. The van der Waals surface area contributed by atoms with Gasteiger partial charge in [0, 0.05) is 30.3 Å². The van der Waals surface area contributed by atoms with E-state index in [4.69, 9.17) is 0 Å². The van der Waals surface area contributed by atoms with Crippen molar-refractivity contribution in [3.8, 4) is 0 Å². The maximum absolute atomic E-state index is 4.33. The van der Waals surface area contributed by atoms with Crippen LogP contribution in [-0.2, 0) is 6.42 Å². The fourth-order valence-corrected chi connectivity index (χ4v) is 1.96. The van der Waals surface area contributed by atoms with Gasteiger partial charge in [0.15, 0.2) is 0 Å². The number of nitrogens with one attached hydrogen (secondary N) is 2. The minimum Gasteiger partial charge on any atom is -0.351 e. The van der Waals surface area contributed by atoms with Crippen molar-refractivity contribution in [3.05, 3.63) is 24.0 Å². The van der Waals surface area contributed by atoms with Crippen molar-refractivity contribution < 1.29 is 0 Å². The zero-order valence-corrected chi connectivity index (χ0v) is 9.51. The Morgan fingerprint density at radius 1 is 1.60 bits per heavy atom. The number of anilines is 1. The molecule has 2 aromatic heterocycles. The second kappa shape index (κ2) is 4.39. The quantitative estimate of drug-likeness (QED) is 0.832. The molecule has 0 aromatic carbocycles. The van der Waals surface area contributed by atoms with Gasteiger partial charge >= 0.3 is 0 Å². The summed E-state index contributed by atoms with van der Waals surface area (Å²) in [7, 11) is 0. The summed E-state index contributed by atoms with van der Waals surface area (Å²) in [6.45, 7) is 4.08. The van der Waals surface area contributed by atoms with Crippen LogP contribution in [0.2, 0.25) is 0 Å². The SMILES string of the molecule is CCc1nsc(NC(C)c2ncc[nH]2)n1. The molecule has 0 fully saturated rings. The Hall–Kier alpha value is -1.43. The molecule has 15 heavy (non-hydrogen) atoms. The molecule has 2 aromatic rings. The summed E-state index contributed by atoms with van der Waals surface area (Å²) in [6.07, 6.45) is 4.42. The molecule has 1 atom stereocenters. The van der Waals surface area contributed by atoms with Crippen LogP contribution in [0.5, 0.6) is 0 Å². The van der Waals surface area contributed by atoms with Crippen molar-refractivity contribution in [1.82, 2.24) is 19.3 Å². The molecular weight excluding hydrogens is 210 g/mol. The van der Waals surface area contributed by atoms with Gasteiger partial charge in [-0.15, -0.1) is 0 Å². The van der Waals surface area contributed by atoms with Gasteiger partial charge in [0.05, 0.1) is 6.04 Å². The molecule has 0 aliphatic heterocycles. The van der Waals surface area contributed by atoms with Crippen LogP contribution in [0.1, 0.15) is 31.5 Å². The average molecular weight is 223 g/mol. The van der Waals surface area contributed by atoms with Gasteiger partial charge < -0.3 is 10.3 Å². The molecule has 2 N–H and O–H groups in total. The molecule has 80 valence electrons. The Morgan fingerprint density at radius 2 is 2.47 bits per heavy atom. The molecule has 0 spiro atoms. The van der Waals surface area contributed by atoms with Gasteiger partial charge in [0.25, 0.3) is 0 Å². The highest BCUT2D eigenvalue weighted by Gasteiger charge is 2.09. The first-order chi connectivity index (χ1) is 7.29. The van der Waals surface area contributed by atoms with E-state index in [1.165, 1.54) is 11.5 Å². The van der Waals surface area contributed by atoms with Gasteiger partial charge in [0.2, 0.25) is 5.13 Å². The number of imidazole rings is 1. The summed E-state index contributed by atoms with van der Waals surface area (Å²) >= 11 is 1.39. The van der Waals surface area contributed by atoms with Crippen molar-refractivity contribution >= 4 is 16.7 Å². The summed E-state index contributed by atoms with van der Waals surface area (Å²) in [4.78, 5) is 11.6. The highest BCUT2D eigenvalue weighted by atomic mass is 32.1. The lowest BCUT2D eigenvalue weighted by molar-refractivity contribution is 0.806. The van der Waals surface area contributed by atoms with E-state index in [0.717, 1.165) is 23.2 Å². The van der Waals surface area contributed by atoms with E-state index in [-0.39, 0.29) is 6.04 Å². The highest BCUT2D eigenvalue weighted by molar-refractivity contribution is 7.09. The van der Waals surface area contributed by atoms with Crippen molar-refractivity contribution in [2.24, 2.45) is 0 Å². The number of aromatic nitrogens is 4. The molecule has 0 saturated carbocycles. The van der Waals surface area contributed by atoms with Gasteiger partial charge in [-0.05, 0) is 6.92 Å². The van der Waals surface area contributed by atoms with Gasteiger partial charge in [-0.25, -0.2) is 9.97 Å². The number of hydrogen-bond donors (Lipinski definition) is 2. The number of aryl methyl sites for hydroxylation is 1. The molecule has 2 rings (SSSR count). The van der Waals surface area contributed by atoms with Crippen molar-refractivity contribution in [2.75, 3.05) is 5.32 Å². The number of hydrogen-bond acceptors (Lipinski definition) is 5. The van der Waals surface area contributed by atoms with Gasteiger partial charge in [0.1, 0.15) is 11.6 Å². The van der Waals surface area contributed by atoms with Gasteiger partial charge in [-0.1, -0.05) is 6.92 Å². The van der Waals surface area contributed by atoms with E-state index in [2.05, 4.69) is 24.6 Å². The van der Waals surface area contributed by atoms with Crippen LogP contribution < -0.4 is 5.32 Å². The maximum Gasteiger partial charge on any atom is 0.203 e. The minimum absolute atomic E-state index is 0.123. The number of H-pyrrole nitrogens is 1. The van der Waals surface area contributed by atoms with Crippen LogP contribution in [-0.4, -0.2) is 19.3 Å². The molecule has 5 nitrogen and oxygen atoms in total. The fourth-order valence-electron chi connectivity index (χ4n) is 1.22. The Bertz CT molecular complexity index is 408. The lowest BCUT2D eigenvalue weighted by Gasteiger charge is -2.08. The molecule has 0 aliphatic carbocycles. The van der Waals surface area contributed by atoms with Crippen molar-refractivity contribution in [2.45, 2.75) is 26.3 Å². The first kappa shape index (κ1) is 10.1. The standard InChI is InChI=1S/C9H13N5S/c1-3-7-13-9(15-14-7)12-6(2)8-10-4-5-11-8/h4-6H,3H2,1-2H3,(H,10,11)(H,12,13,14). The van der Waals surface area contributed by atoms with E-state index in [9.17, 15) is 0 Å². The molecule has 6 heteroatoms. The molecule has 0 amide bonds. The fraction of sp³-hybridized carbons (Fsp3) is 0.444. The van der Waals surface area contributed by atoms with Crippen LogP contribution >= 0.6 is 11.5 Å². The monoisotopic (exact) mass is 223 g/mol. The molecular formula is C9H13N5S. The third kappa shape index (κ3) is 2.33. The zero-order valence-electron chi connectivity index (χ0n) is 8.69. The van der Waals surface area contributed by atoms with Crippen LogP contribution in [0, 0.1) is 0 Å². The summed E-state index contributed by atoms with van der Waals surface area (Å²) in [5.74, 6) is 1.79. The Morgan fingerprint density at radius 3 is 3.07 bits per heavy atom. The number of nitrogens with zero attached hydrogens (tertiary/aromatic N) is 3. The van der Waals surface area contributed by atoms with E-state index in [1.807, 2.05) is 20.0 Å². The lowest BCUT2D eigenvalue weighted by atomic mass is 10.3. The number of rotatable bonds is 4. The third-order valence-corrected chi connectivity index (χ3v) is 2.74. The third-order valence-electron chi connectivity index (χ3n) is 2.05. The molecule has 0 saturated heterocycles.